The molecule has 1 N–H and O–H groups in total. The van der Waals surface area contributed by atoms with Gasteiger partial charge in [0.2, 0.25) is 5.91 Å². The van der Waals surface area contributed by atoms with E-state index in [9.17, 15) is 4.79 Å². The molecule has 1 heterocycles. The molecule has 0 atom stereocenters. The van der Waals surface area contributed by atoms with Crippen LogP contribution < -0.4 is 5.32 Å². The van der Waals surface area contributed by atoms with E-state index < -0.39 is 5.41 Å². The van der Waals surface area contributed by atoms with Crippen molar-refractivity contribution in [2.75, 3.05) is 5.32 Å². The third kappa shape index (κ3) is 3.06. The fourth-order valence-corrected chi connectivity index (χ4v) is 2.44. The molecule has 0 aliphatic heterocycles. The van der Waals surface area contributed by atoms with Crippen LogP contribution in [0.1, 0.15) is 25.1 Å². The summed E-state index contributed by atoms with van der Waals surface area (Å²) in [6.07, 6.45) is 0. The van der Waals surface area contributed by atoms with Gasteiger partial charge in [0, 0.05) is 12.1 Å². The molecule has 0 saturated heterocycles. The van der Waals surface area contributed by atoms with Crippen molar-refractivity contribution in [1.82, 2.24) is 9.78 Å². The Balaban J connectivity index is 2.31. The lowest BCUT2D eigenvalue weighted by atomic mass is 9.84. The molecule has 2 aromatic rings. The number of rotatable bonds is 3. The number of halogens is 2. The lowest BCUT2D eigenvalue weighted by molar-refractivity contribution is -0.120. The molecule has 0 spiro atoms. The van der Waals surface area contributed by atoms with E-state index in [0.29, 0.717) is 21.6 Å². The molecule has 0 aliphatic carbocycles. The summed E-state index contributed by atoms with van der Waals surface area (Å²) in [5.74, 6) is 0.323. The predicted octanol–water partition coefficient (Wildman–Crippen LogP) is 3.95. The summed E-state index contributed by atoms with van der Waals surface area (Å²) in [6, 6.07) is 7.27. The summed E-state index contributed by atoms with van der Waals surface area (Å²) in [5.41, 5.74) is 0.768. The number of nitrogens with zero attached hydrogens (tertiary/aromatic N) is 2. The molecule has 0 saturated carbocycles. The van der Waals surface area contributed by atoms with Crippen molar-refractivity contribution in [3.05, 3.63) is 45.6 Å². The minimum Gasteiger partial charge on any atom is -0.309 e. The fourth-order valence-electron chi connectivity index (χ4n) is 2.04. The molecular formula is C15H17Cl2N3O. The first-order valence-corrected chi connectivity index (χ1v) is 7.25. The van der Waals surface area contributed by atoms with Crippen molar-refractivity contribution in [3.63, 3.8) is 0 Å². The van der Waals surface area contributed by atoms with Crippen LogP contribution >= 0.6 is 23.2 Å². The quantitative estimate of drug-likeness (QED) is 0.928. The van der Waals surface area contributed by atoms with Gasteiger partial charge in [0.1, 0.15) is 10.8 Å². The molecule has 21 heavy (non-hydrogen) atoms. The molecule has 4 nitrogen and oxygen atoms in total. The molecule has 0 fully saturated rings. The van der Waals surface area contributed by atoms with Crippen LogP contribution in [-0.2, 0) is 17.3 Å². The van der Waals surface area contributed by atoms with Gasteiger partial charge in [-0.2, -0.15) is 5.10 Å². The summed E-state index contributed by atoms with van der Waals surface area (Å²) >= 11 is 12.2. The maximum absolute atomic E-state index is 12.6. The van der Waals surface area contributed by atoms with Crippen LogP contribution in [0.2, 0.25) is 10.0 Å². The lowest BCUT2D eigenvalue weighted by Gasteiger charge is -2.24. The molecule has 1 amide bonds. The lowest BCUT2D eigenvalue weighted by Crippen LogP contribution is -2.35. The number of carbonyl (C=O) groups excluding carboxylic acids is 1. The molecule has 0 unspecified atom stereocenters. The SMILES string of the molecule is Cc1nn(C)c(NC(=O)C(C)(C)c2cccc(Cl)c2)c1Cl. The highest BCUT2D eigenvalue weighted by Crippen LogP contribution is 2.30. The van der Waals surface area contributed by atoms with E-state index in [1.54, 1.807) is 30.8 Å². The first-order chi connectivity index (χ1) is 9.73. The highest BCUT2D eigenvalue weighted by Gasteiger charge is 2.31. The van der Waals surface area contributed by atoms with Crippen molar-refractivity contribution in [1.29, 1.82) is 0 Å². The topological polar surface area (TPSA) is 46.9 Å². The first kappa shape index (κ1) is 15.9. The molecule has 112 valence electrons. The molecule has 1 aromatic heterocycles. The van der Waals surface area contributed by atoms with Crippen molar-refractivity contribution in [2.24, 2.45) is 7.05 Å². The largest absolute Gasteiger partial charge is 0.309 e. The number of amides is 1. The maximum Gasteiger partial charge on any atom is 0.235 e. The Morgan fingerprint density at radius 3 is 2.52 bits per heavy atom. The second-order valence-corrected chi connectivity index (χ2v) is 6.28. The summed E-state index contributed by atoms with van der Waals surface area (Å²) in [4.78, 5) is 12.6. The third-order valence-electron chi connectivity index (χ3n) is 3.50. The predicted molar refractivity (Wildman–Crippen MR) is 86.1 cm³/mol. The Bertz CT molecular complexity index is 692. The van der Waals surface area contributed by atoms with Gasteiger partial charge in [0.15, 0.2) is 0 Å². The van der Waals surface area contributed by atoms with Gasteiger partial charge in [-0.3, -0.25) is 9.48 Å². The number of benzene rings is 1. The van der Waals surface area contributed by atoms with E-state index in [-0.39, 0.29) is 5.91 Å². The fraction of sp³-hybridized carbons (Fsp3) is 0.333. The van der Waals surface area contributed by atoms with Crippen LogP contribution in [-0.4, -0.2) is 15.7 Å². The Labute approximate surface area is 134 Å². The van der Waals surface area contributed by atoms with Crippen LogP contribution in [0, 0.1) is 6.92 Å². The average Bonchev–Trinajstić information content (AvgIpc) is 2.65. The van der Waals surface area contributed by atoms with Gasteiger partial charge in [-0.25, -0.2) is 0 Å². The smallest absolute Gasteiger partial charge is 0.235 e. The number of anilines is 1. The zero-order chi connectivity index (χ0) is 15.8. The zero-order valence-electron chi connectivity index (χ0n) is 12.4. The Kier molecular flexibility index (Phi) is 4.30. The van der Waals surface area contributed by atoms with E-state index >= 15 is 0 Å². The molecule has 6 heteroatoms. The number of hydrogen-bond donors (Lipinski definition) is 1. The van der Waals surface area contributed by atoms with Crippen molar-refractivity contribution < 1.29 is 4.79 Å². The molecule has 0 aliphatic rings. The second kappa shape index (κ2) is 5.70. The van der Waals surface area contributed by atoms with E-state index in [1.807, 2.05) is 26.0 Å². The Morgan fingerprint density at radius 1 is 1.33 bits per heavy atom. The maximum atomic E-state index is 12.6. The third-order valence-corrected chi connectivity index (χ3v) is 4.18. The second-order valence-electron chi connectivity index (χ2n) is 5.46. The number of nitrogens with one attached hydrogen (secondary N) is 1. The van der Waals surface area contributed by atoms with Crippen LogP contribution in [0.5, 0.6) is 0 Å². The van der Waals surface area contributed by atoms with Crippen LogP contribution in [0.3, 0.4) is 0 Å². The Hall–Kier alpha value is -1.52. The normalized spacial score (nSPS) is 11.5. The Morgan fingerprint density at radius 2 is 2.00 bits per heavy atom. The van der Waals surface area contributed by atoms with Gasteiger partial charge in [0.25, 0.3) is 0 Å². The van der Waals surface area contributed by atoms with Crippen LogP contribution in [0.4, 0.5) is 5.82 Å². The summed E-state index contributed by atoms with van der Waals surface area (Å²) in [7, 11) is 1.74. The standard InChI is InChI=1S/C15H17Cl2N3O/c1-9-12(17)13(20(4)19-9)18-14(21)15(2,3)10-6-5-7-11(16)8-10/h5-8H,1-4H3,(H,18,21). The van der Waals surface area contributed by atoms with Crippen LogP contribution in [0.15, 0.2) is 24.3 Å². The minimum absolute atomic E-state index is 0.172. The molecule has 2 rings (SSSR count). The monoisotopic (exact) mass is 325 g/mol. The van der Waals surface area contributed by atoms with Gasteiger partial charge in [0.05, 0.1) is 11.1 Å². The minimum atomic E-state index is -0.744. The van der Waals surface area contributed by atoms with E-state index in [4.69, 9.17) is 23.2 Å². The van der Waals surface area contributed by atoms with Crippen molar-refractivity contribution in [3.8, 4) is 0 Å². The van der Waals surface area contributed by atoms with Crippen LogP contribution in [0.25, 0.3) is 0 Å². The van der Waals surface area contributed by atoms with Gasteiger partial charge in [-0.05, 0) is 38.5 Å². The summed E-state index contributed by atoms with van der Waals surface area (Å²) in [6.45, 7) is 5.47. The summed E-state index contributed by atoms with van der Waals surface area (Å²) < 4.78 is 1.56. The zero-order valence-corrected chi connectivity index (χ0v) is 13.9. The highest BCUT2D eigenvalue weighted by atomic mass is 35.5. The highest BCUT2D eigenvalue weighted by molar-refractivity contribution is 6.34. The van der Waals surface area contributed by atoms with Gasteiger partial charge >= 0.3 is 0 Å². The van der Waals surface area contributed by atoms with Gasteiger partial charge in [-0.15, -0.1) is 0 Å². The molecule has 1 aromatic carbocycles. The van der Waals surface area contributed by atoms with Gasteiger partial charge < -0.3 is 5.32 Å². The van der Waals surface area contributed by atoms with E-state index in [1.165, 1.54) is 0 Å². The molecular weight excluding hydrogens is 309 g/mol. The molecule has 0 bridgehead atoms. The number of aromatic nitrogens is 2. The van der Waals surface area contributed by atoms with Crippen molar-refractivity contribution >= 4 is 34.9 Å². The average molecular weight is 326 g/mol. The molecule has 0 radical (unpaired) electrons. The number of hydrogen-bond acceptors (Lipinski definition) is 2. The van der Waals surface area contributed by atoms with E-state index in [0.717, 1.165) is 5.56 Å². The summed E-state index contributed by atoms with van der Waals surface area (Å²) in [5, 5.41) is 8.08. The number of aryl methyl sites for hydroxylation is 2. The van der Waals surface area contributed by atoms with Gasteiger partial charge in [-0.1, -0.05) is 35.3 Å². The number of carbonyl (C=O) groups is 1. The van der Waals surface area contributed by atoms with E-state index in [2.05, 4.69) is 10.4 Å². The first-order valence-electron chi connectivity index (χ1n) is 6.50. The van der Waals surface area contributed by atoms with Crippen molar-refractivity contribution in [2.45, 2.75) is 26.2 Å².